The zero-order chi connectivity index (χ0) is 15.8. The molecular weight excluding hydrogens is 344 g/mol. The zero-order valence-corrected chi connectivity index (χ0v) is 14.2. The summed E-state index contributed by atoms with van der Waals surface area (Å²) in [5.41, 5.74) is 1.07. The van der Waals surface area contributed by atoms with Crippen molar-refractivity contribution in [3.05, 3.63) is 28.2 Å². The summed E-state index contributed by atoms with van der Waals surface area (Å²) in [5, 5.41) is 3.39. The molecule has 0 aromatic heterocycles. The molecule has 0 radical (unpaired) electrons. The van der Waals surface area contributed by atoms with E-state index >= 15 is 0 Å². The van der Waals surface area contributed by atoms with E-state index in [2.05, 4.69) is 27.2 Å². The van der Waals surface area contributed by atoms with Gasteiger partial charge in [0.05, 0.1) is 0 Å². The first-order chi connectivity index (χ1) is 10.7. The van der Waals surface area contributed by atoms with E-state index in [1.54, 1.807) is 0 Å². The highest BCUT2D eigenvalue weighted by molar-refractivity contribution is 9.10. The molecule has 1 aromatic rings. The van der Waals surface area contributed by atoms with Gasteiger partial charge in [0.15, 0.2) is 0 Å². The van der Waals surface area contributed by atoms with Gasteiger partial charge in [-0.25, -0.2) is 0 Å². The van der Waals surface area contributed by atoms with Crippen LogP contribution >= 0.6 is 15.9 Å². The number of ether oxygens (including phenoxy) is 1. The molecule has 0 aliphatic carbocycles. The summed E-state index contributed by atoms with van der Waals surface area (Å²) >= 11 is 3.47. The summed E-state index contributed by atoms with van der Waals surface area (Å²) in [5.74, 6) is 3.58. The molecule has 1 saturated heterocycles. The molecule has 0 saturated carbocycles. The molecule has 4 nitrogen and oxygen atoms in total. The Balaban J connectivity index is 1.75. The van der Waals surface area contributed by atoms with Crippen LogP contribution in [0.4, 0.5) is 0 Å². The number of rotatable bonds is 8. The SMILES string of the molecule is C#CCOc1ccc(Br)cc1CNCCCN1CCCC1=O. The molecule has 1 N–H and O–H groups in total. The number of carbonyl (C=O) groups is 1. The maximum absolute atomic E-state index is 11.5. The van der Waals surface area contributed by atoms with E-state index in [0.717, 1.165) is 48.3 Å². The molecule has 1 aliphatic heterocycles. The highest BCUT2D eigenvalue weighted by Gasteiger charge is 2.18. The van der Waals surface area contributed by atoms with E-state index in [0.29, 0.717) is 13.0 Å². The first-order valence-corrected chi connectivity index (χ1v) is 8.33. The van der Waals surface area contributed by atoms with E-state index in [4.69, 9.17) is 11.2 Å². The van der Waals surface area contributed by atoms with Crippen molar-refractivity contribution in [2.24, 2.45) is 0 Å². The lowest BCUT2D eigenvalue weighted by molar-refractivity contribution is -0.127. The van der Waals surface area contributed by atoms with Gasteiger partial charge in [0, 0.05) is 36.1 Å². The monoisotopic (exact) mass is 364 g/mol. The van der Waals surface area contributed by atoms with Gasteiger partial charge in [-0.1, -0.05) is 21.9 Å². The Morgan fingerprint density at radius 2 is 2.32 bits per heavy atom. The summed E-state index contributed by atoms with van der Waals surface area (Å²) in [6, 6.07) is 5.89. The Morgan fingerprint density at radius 3 is 3.05 bits per heavy atom. The summed E-state index contributed by atoms with van der Waals surface area (Å²) in [4.78, 5) is 13.5. The standard InChI is InChI=1S/C17H21BrN2O2/c1-2-11-22-16-7-6-15(18)12-14(16)13-19-8-4-10-20-9-3-5-17(20)21/h1,6-7,12,19H,3-5,8-11,13H2. The van der Waals surface area contributed by atoms with Gasteiger partial charge >= 0.3 is 0 Å². The molecular formula is C17H21BrN2O2. The minimum Gasteiger partial charge on any atom is -0.481 e. The smallest absolute Gasteiger partial charge is 0.222 e. The Kier molecular flexibility index (Phi) is 6.75. The topological polar surface area (TPSA) is 41.6 Å². The van der Waals surface area contributed by atoms with E-state index in [9.17, 15) is 4.79 Å². The molecule has 0 unspecified atom stereocenters. The number of nitrogens with one attached hydrogen (secondary N) is 1. The van der Waals surface area contributed by atoms with Gasteiger partial charge in [0.25, 0.3) is 0 Å². The molecule has 0 bridgehead atoms. The third-order valence-corrected chi connectivity index (χ3v) is 4.10. The van der Waals surface area contributed by atoms with Crippen LogP contribution in [0.3, 0.4) is 0 Å². The second-order valence-corrected chi connectivity index (χ2v) is 6.18. The minimum absolute atomic E-state index is 0.270. The molecule has 1 fully saturated rings. The van der Waals surface area contributed by atoms with Crippen LogP contribution in [0.1, 0.15) is 24.8 Å². The van der Waals surface area contributed by atoms with Crippen molar-refractivity contribution in [2.75, 3.05) is 26.2 Å². The van der Waals surface area contributed by atoms with Crippen molar-refractivity contribution in [1.29, 1.82) is 0 Å². The highest BCUT2D eigenvalue weighted by atomic mass is 79.9. The Morgan fingerprint density at radius 1 is 1.45 bits per heavy atom. The zero-order valence-electron chi connectivity index (χ0n) is 12.6. The largest absolute Gasteiger partial charge is 0.481 e. The lowest BCUT2D eigenvalue weighted by Crippen LogP contribution is -2.28. The van der Waals surface area contributed by atoms with Gasteiger partial charge in [-0.3, -0.25) is 4.79 Å². The first kappa shape index (κ1) is 16.9. The minimum atomic E-state index is 0.270. The van der Waals surface area contributed by atoms with Crippen LogP contribution in [0.2, 0.25) is 0 Å². The number of hydrogen-bond donors (Lipinski definition) is 1. The Hall–Kier alpha value is -1.51. The number of benzene rings is 1. The van der Waals surface area contributed by atoms with Crippen molar-refractivity contribution in [1.82, 2.24) is 10.2 Å². The summed E-state index contributed by atoms with van der Waals surface area (Å²) in [6.45, 7) is 3.60. The molecule has 1 aromatic carbocycles. The van der Waals surface area contributed by atoms with Crippen molar-refractivity contribution < 1.29 is 9.53 Å². The predicted molar refractivity (Wildman–Crippen MR) is 90.6 cm³/mol. The predicted octanol–water partition coefficient (Wildman–Crippen LogP) is 2.56. The van der Waals surface area contributed by atoms with Crippen LogP contribution < -0.4 is 10.1 Å². The van der Waals surface area contributed by atoms with E-state index < -0.39 is 0 Å². The lowest BCUT2D eigenvalue weighted by atomic mass is 10.2. The number of amides is 1. The number of terminal acetylenes is 1. The molecule has 22 heavy (non-hydrogen) atoms. The quantitative estimate of drug-likeness (QED) is 0.569. The van der Waals surface area contributed by atoms with Crippen LogP contribution in [0, 0.1) is 12.3 Å². The summed E-state index contributed by atoms with van der Waals surface area (Å²) in [6.07, 6.45) is 7.90. The van der Waals surface area contributed by atoms with Gasteiger partial charge in [0.1, 0.15) is 12.4 Å². The van der Waals surface area contributed by atoms with Crippen molar-refractivity contribution in [2.45, 2.75) is 25.8 Å². The molecule has 1 heterocycles. The number of carbonyl (C=O) groups excluding carboxylic acids is 1. The van der Waals surface area contributed by atoms with E-state index in [1.165, 1.54) is 0 Å². The molecule has 1 aliphatic rings. The average Bonchev–Trinajstić information content (AvgIpc) is 2.91. The van der Waals surface area contributed by atoms with Crippen LogP contribution in [0.15, 0.2) is 22.7 Å². The Labute approximate surface area is 140 Å². The number of nitrogens with zero attached hydrogens (tertiary/aromatic N) is 1. The van der Waals surface area contributed by atoms with E-state index in [1.807, 2.05) is 23.1 Å². The maximum Gasteiger partial charge on any atom is 0.222 e. The Bertz CT molecular complexity index is 554. The van der Waals surface area contributed by atoms with Crippen LogP contribution in [-0.4, -0.2) is 37.0 Å². The van der Waals surface area contributed by atoms with E-state index in [-0.39, 0.29) is 12.5 Å². The number of likely N-dealkylation sites (tertiary alicyclic amines) is 1. The lowest BCUT2D eigenvalue weighted by Gasteiger charge is -2.16. The second-order valence-electron chi connectivity index (χ2n) is 5.26. The summed E-state index contributed by atoms with van der Waals surface area (Å²) in [7, 11) is 0. The van der Waals surface area contributed by atoms with Gasteiger partial charge in [-0.15, -0.1) is 6.42 Å². The van der Waals surface area contributed by atoms with Gasteiger partial charge < -0.3 is 15.0 Å². The highest BCUT2D eigenvalue weighted by Crippen LogP contribution is 2.23. The normalized spacial score (nSPS) is 14.2. The van der Waals surface area contributed by atoms with Crippen molar-refractivity contribution in [3.63, 3.8) is 0 Å². The molecule has 0 atom stereocenters. The molecule has 1 amide bonds. The van der Waals surface area contributed by atoms with Crippen molar-refractivity contribution >= 4 is 21.8 Å². The maximum atomic E-state index is 11.5. The van der Waals surface area contributed by atoms with Gasteiger partial charge in [-0.2, -0.15) is 0 Å². The third kappa shape index (κ3) is 5.04. The average molecular weight is 365 g/mol. The summed E-state index contributed by atoms with van der Waals surface area (Å²) < 4.78 is 6.56. The number of hydrogen-bond acceptors (Lipinski definition) is 3. The van der Waals surface area contributed by atoms with Crippen LogP contribution in [0.5, 0.6) is 5.75 Å². The molecule has 5 heteroatoms. The van der Waals surface area contributed by atoms with Gasteiger partial charge in [-0.05, 0) is 37.6 Å². The second kappa shape index (κ2) is 8.82. The van der Waals surface area contributed by atoms with Gasteiger partial charge in [0.2, 0.25) is 5.91 Å². The molecule has 0 spiro atoms. The first-order valence-electron chi connectivity index (χ1n) is 7.54. The fraction of sp³-hybridized carbons (Fsp3) is 0.471. The fourth-order valence-corrected chi connectivity index (χ4v) is 2.91. The fourth-order valence-electron chi connectivity index (χ4n) is 2.50. The van der Waals surface area contributed by atoms with Crippen LogP contribution in [-0.2, 0) is 11.3 Å². The van der Waals surface area contributed by atoms with Crippen LogP contribution in [0.25, 0.3) is 0 Å². The number of halogens is 1. The third-order valence-electron chi connectivity index (χ3n) is 3.60. The molecule has 2 rings (SSSR count). The van der Waals surface area contributed by atoms with Crippen molar-refractivity contribution in [3.8, 4) is 18.1 Å². The molecule has 118 valence electrons.